The summed E-state index contributed by atoms with van der Waals surface area (Å²) in [4.78, 5) is 30.0. The van der Waals surface area contributed by atoms with E-state index in [-0.39, 0.29) is 18.6 Å². The maximum Gasteiger partial charge on any atom is 0.339 e. The van der Waals surface area contributed by atoms with E-state index in [1.54, 1.807) is 24.1 Å². The Hall–Kier alpha value is -3.75. The molecule has 0 bridgehead atoms. The highest BCUT2D eigenvalue weighted by molar-refractivity contribution is 6.34. The second kappa shape index (κ2) is 11.8. The second-order valence-corrected chi connectivity index (χ2v) is 10.3. The van der Waals surface area contributed by atoms with Crippen LogP contribution in [0.2, 0.25) is 5.02 Å². The van der Waals surface area contributed by atoms with Gasteiger partial charge in [-0.1, -0.05) is 36.7 Å². The zero-order valence-electron chi connectivity index (χ0n) is 23.2. The van der Waals surface area contributed by atoms with E-state index in [1.165, 1.54) is 7.11 Å². The Bertz CT molecular complexity index is 1450. The van der Waals surface area contributed by atoms with Crippen LogP contribution in [0.25, 0.3) is 11.1 Å². The van der Waals surface area contributed by atoms with Crippen molar-refractivity contribution in [2.24, 2.45) is 0 Å². The van der Waals surface area contributed by atoms with Crippen molar-refractivity contribution >= 4 is 29.2 Å². The van der Waals surface area contributed by atoms with E-state index in [0.717, 1.165) is 39.3 Å². The topological polar surface area (TPSA) is 77.5 Å². The Morgan fingerprint density at radius 1 is 1.02 bits per heavy atom. The molecule has 1 fully saturated rings. The molecule has 1 amide bonds. The van der Waals surface area contributed by atoms with Gasteiger partial charge in [-0.25, -0.2) is 4.79 Å². The minimum Gasteiger partial charge on any atom is -0.496 e. The molecule has 0 atom stereocenters. The van der Waals surface area contributed by atoms with Crippen molar-refractivity contribution in [3.05, 3.63) is 75.3 Å². The molecule has 0 N–H and O–H groups in total. The molecule has 2 aliphatic heterocycles. The molecule has 0 unspecified atom stereocenters. The minimum absolute atomic E-state index is 0.0856. The smallest absolute Gasteiger partial charge is 0.339 e. The van der Waals surface area contributed by atoms with Crippen LogP contribution in [0.4, 0.5) is 5.69 Å². The maximum atomic E-state index is 13.5. The predicted octanol–water partition coefficient (Wildman–Crippen LogP) is 5.50. The molecule has 0 spiro atoms. The first kappa shape index (κ1) is 27.8. The van der Waals surface area contributed by atoms with Gasteiger partial charge >= 0.3 is 5.97 Å². The summed E-state index contributed by atoms with van der Waals surface area (Å²) in [5, 5.41) is 0.343. The highest BCUT2D eigenvalue weighted by Crippen LogP contribution is 2.41. The minimum atomic E-state index is -0.375. The average molecular weight is 565 g/mol. The zero-order chi connectivity index (χ0) is 28.4. The number of benzene rings is 3. The third-order valence-corrected chi connectivity index (χ3v) is 7.79. The van der Waals surface area contributed by atoms with Gasteiger partial charge in [0.1, 0.15) is 11.5 Å². The third-order valence-electron chi connectivity index (χ3n) is 7.48. The fourth-order valence-electron chi connectivity index (χ4n) is 5.34. The van der Waals surface area contributed by atoms with E-state index in [1.807, 2.05) is 44.2 Å². The Morgan fingerprint density at radius 3 is 2.50 bits per heavy atom. The fourth-order valence-corrected chi connectivity index (χ4v) is 5.58. The second-order valence-electron chi connectivity index (χ2n) is 9.84. The number of esters is 1. The number of hydrogen-bond acceptors (Lipinski definition) is 7. The molecule has 8 nitrogen and oxygen atoms in total. The van der Waals surface area contributed by atoms with Gasteiger partial charge in [-0.05, 0) is 54.3 Å². The number of amides is 1. The number of morpholine rings is 1. The number of methoxy groups -OCH3 is 2. The predicted molar refractivity (Wildman–Crippen MR) is 154 cm³/mol. The van der Waals surface area contributed by atoms with Crippen LogP contribution in [0, 0.1) is 6.92 Å². The molecular formula is C31H33ClN2O6. The van der Waals surface area contributed by atoms with Gasteiger partial charge in [-0.15, -0.1) is 0 Å². The summed E-state index contributed by atoms with van der Waals surface area (Å²) >= 11 is 6.49. The van der Waals surface area contributed by atoms with Crippen LogP contribution in [-0.2, 0) is 22.4 Å². The van der Waals surface area contributed by atoms with Crippen LogP contribution in [-0.4, -0.2) is 64.0 Å². The molecule has 2 aliphatic rings. The number of carbonyl (C=O) groups excluding carboxylic acids is 2. The van der Waals surface area contributed by atoms with Crippen molar-refractivity contribution in [3.8, 4) is 22.6 Å². The molecule has 0 saturated carbocycles. The van der Waals surface area contributed by atoms with Gasteiger partial charge in [0, 0.05) is 24.2 Å². The Morgan fingerprint density at radius 2 is 1.80 bits per heavy atom. The number of halogens is 1. The molecule has 3 aromatic carbocycles. The highest BCUT2D eigenvalue weighted by atomic mass is 35.5. The normalized spacial score (nSPS) is 14.8. The first-order valence-corrected chi connectivity index (χ1v) is 13.7. The Balaban J connectivity index is 1.49. The van der Waals surface area contributed by atoms with Gasteiger partial charge in [0.05, 0.1) is 55.8 Å². The molecule has 0 aliphatic carbocycles. The lowest BCUT2D eigenvalue weighted by Gasteiger charge is -2.32. The van der Waals surface area contributed by atoms with Crippen molar-refractivity contribution in [1.29, 1.82) is 0 Å². The number of carbonyl (C=O) groups is 2. The zero-order valence-corrected chi connectivity index (χ0v) is 24.0. The van der Waals surface area contributed by atoms with Crippen molar-refractivity contribution in [2.45, 2.75) is 26.8 Å². The molecule has 2 heterocycles. The van der Waals surface area contributed by atoms with Gasteiger partial charge in [0.15, 0.2) is 6.73 Å². The number of ether oxygens (including phenoxy) is 4. The van der Waals surface area contributed by atoms with Gasteiger partial charge in [0.25, 0.3) is 5.91 Å². The molecule has 0 radical (unpaired) electrons. The van der Waals surface area contributed by atoms with E-state index in [2.05, 4.69) is 4.90 Å². The maximum absolute atomic E-state index is 13.5. The van der Waals surface area contributed by atoms with Crippen molar-refractivity contribution in [2.75, 3.05) is 52.2 Å². The van der Waals surface area contributed by atoms with E-state index in [4.69, 9.17) is 30.5 Å². The number of fused-ring (bicyclic) bond motifs is 1. The summed E-state index contributed by atoms with van der Waals surface area (Å²) in [7, 11) is 2.99. The van der Waals surface area contributed by atoms with Gasteiger partial charge in [0.2, 0.25) is 0 Å². The number of aryl methyl sites for hydroxylation is 2. The molecule has 1 saturated heterocycles. The van der Waals surface area contributed by atoms with Crippen LogP contribution < -0.4 is 14.4 Å². The molecule has 5 rings (SSSR count). The highest BCUT2D eigenvalue weighted by Gasteiger charge is 2.28. The fraction of sp³-hybridized carbons (Fsp3) is 0.355. The lowest BCUT2D eigenvalue weighted by atomic mass is 9.93. The van der Waals surface area contributed by atoms with E-state index < -0.39 is 0 Å². The Labute approximate surface area is 239 Å². The first-order chi connectivity index (χ1) is 19.4. The SMILES string of the molecule is CCc1cc(C(=O)N2COc3c(cccc3-c3cc(N4CCOCC4)c(C(=O)OC)cc3C)C2)c(Cl)cc1OC. The van der Waals surface area contributed by atoms with E-state index in [9.17, 15) is 9.59 Å². The summed E-state index contributed by atoms with van der Waals surface area (Å²) < 4.78 is 22.3. The van der Waals surface area contributed by atoms with Gasteiger partial charge < -0.3 is 28.7 Å². The Kier molecular flexibility index (Phi) is 8.19. The number of rotatable bonds is 6. The van der Waals surface area contributed by atoms with Crippen molar-refractivity contribution in [1.82, 2.24) is 4.90 Å². The lowest BCUT2D eigenvalue weighted by Crippen LogP contribution is -2.37. The lowest BCUT2D eigenvalue weighted by molar-refractivity contribution is 0.0515. The molecule has 210 valence electrons. The quantitative estimate of drug-likeness (QED) is 0.366. The van der Waals surface area contributed by atoms with Crippen LogP contribution >= 0.6 is 11.6 Å². The third kappa shape index (κ3) is 5.21. The molecule has 9 heteroatoms. The summed E-state index contributed by atoms with van der Waals surface area (Å²) in [6.07, 6.45) is 0.712. The number of anilines is 1. The molecule has 40 heavy (non-hydrogen) atoms. The van der Waals surface area contributed by atoms with Crippen LogP contribution in [0.5, 0.6) is 11.5 Å². The molecular weight excluding hydrogens is 532 g/mol. The van der Waals surface area contributed by atoms with Crippen LogP contribution in [0.1, 0.15) is 44.3 Å². The largest absolute Gasteiger partial charge is 0.496 e. The summed E-state index contributed by atoms with van der Waals surface area (Å²) in [6.45, 7) is 6.99. The summed E-state index contributed by atoms with van der Waals surface area (Å²) in [6, 6.07) is 13.3. The van der Waals surface area contributed by atoms with Crippen LogP contribution in [0.3, 0.4) is 0 Å². The number of para-hydroxylation sites is 1. The van der Waals surface area contributed by atoms with Crippen molar-refractivity contribution < 1.29 is 28.5 Å². The monoisotopic (exact) mass is 564 g/mol. The first-order valence-electron chi connectivity index (χ1n) is 13.3. The molecule has 0 aromatic heterocycles. The summed E-state index contributed by atoms with van der Waals surface area (Å²) in [5.74, 6) is 0.814. The van der Waals surface area contributed by atoms with Gasteiger partial charge in [-0.2, -0.15) is 0 Å². The van der Waals surface area contributed by atoms with Crippen LogP contribution in [0.15, 0.2) is 42.5 Å². The summed E-state index contributed by atoms with van der Waals surface area (Å²) in [5.41, 5.74) is 6.34. The van der Waals surface area contributed by atoms with E-state index in [0.29, 0.717) is 61.2 Å². The number of nitrogens with zero attached hydrogens (tertiary/aromatic N) is 2. The number of hydrogen-bond donors (Lipinski definition) is 0. The standard InChI is InChI=1S/C31H33ClN2O6/c1-5-20-14-24(26(32)16-28(20)37-3)30(35)34-17-21-7-6-8-22(29(21)40-18-34)23-15-27(33-9-11-39-12-10-33)25(13-19(23)2)31(36)38-4/h6-8,13-16H,5,9-12,17-18H2,1-4H3. The van der Waals surface area contributed by atoms with Gasteiger partial charge in [-0.3, -0.25) is 4.79 Å². The van der Waals surface area contributed by atoms with E-state index >= 15 is 0 Å². The average Bonchev–Trinajstić information content (AvgIpc) is 2.99. The van der Waals surface area contributed by atoms with Crippen molar-refractivity contribution in [3.63, 3.8) is 0 Å². The molecule has 3 aromatic rings.